The Morgan fingerprint density at radius 3 is 2.17 bits per heavy atom. The molecule has 4 nitrogen and oxygen atoms in total. The van der Waals surface area contributed by atoms with Gasteiger partial charge >= 0.3 is 7.60 Å². The van der Waals surface area contributed by atoms with Crippen LogP contribution in [0.2, 0.25) is 0 Å². The average Bonchev–Trinajstić information content (AvgIpc) is 2.30. The fourth-order valence-corrected chi connectivity index (χ4v) is 2.90. The van der Waals surface area contributed by atoms with E-state index in [2.05, 4.69) is 0 Å². The van der Waals surface area contributed by atoms with Crippen LogP contribution in [0.5, 0.6) is 0 Å². The molecular formula is C13H20NO3P. The quantitative estimate of drug-likeness (QED) is 0.803. The monoisotopic (exact) mass is 269 g/mol. The molecule has 0 unspecified atom stereocenters. The summed E-state index contributed by atoms with van der Waals surface area (Å²) in [7, 11) is -3.24. The van der Waals surface area contributed by atoms with Gasteiger partial charge in [0, 0.05) is 5.70 Å². The van der Waals surface area contributed by atoms with Crippen LogP contribution >= 0.6 is 7.60 Å². The van der Waals surface area contributed by atoms with Gasteiger partial charge in [0.1, 0.15) is 0 Å². The van der Waals surface area contributed by atoms with Crippen LogP contribution in [-0.2, 0) is 13.6 Å². The summed E-state index contributed by atoms with van der Waals surface area (Å²) >= 11 is 0. The summed E-state index contributed by atoms with van der Waals surface area (Å²) in [6.07, 6.45) is 0. The number of aryl methyl sites for hydroxylation is 1. The first kappa shape index (κ1) is 15.0. The Morgan fingerprint density at radius 2 is 1.72 bits per heavy atom. The van der Waals surface area contributed by atoms with Gasteiger partial charge in [0.15, 0.2) is 0 Å². The summed E-state index contributed by atoms with van der Waals surface area (Å²) in [6, 6.07) is 7.65. The molecule has 0 spiro atoms. The molecule has 0 amide bonds. The summed E-state index contributed by atoms with van der Waals surface area (Å²) < 4.78 is 22.6. The molecule has 0 aliphatic rings. The number of hydrogen-bond acceptors (Lipinski definition) is 4. The minimum absolute atomic E-state index is 0.314. The van der Waals surface area contributed by atoms with Crippen molar-refractivity contribution in [2.24, 2.45) is 5.73 Å². The second-order valence-corrected chi connectivity index (χ2v) is 5.68. The van der Waals surface area contributed by atoms with Crippen LogP contribution in [0.1, 0.15) is 25.0 Å². The van der Waals surface area contributed by atoms with Gasteiger partial charge in [-0.25, -0.2) is 0 Å². The fraction of sp³-hybridized carbons (Fsp3) is 0.385. The van der Waals surface area contributed by atoms with Crippen molar-refractivity contribution < 1.29 is 13.6 Å². The highest BCUT2D eigenvalue weighted by Crippen LogP contribution is 2.50. The van der Waals surface area contributed by atoms with Gasteiger partial charge in [-0.3, -0.25) is 4.57 Å². The Bertz CT molecular complexity index is 444. The highest BCUT2D eigenvalue weighted by Gasteiger charge is 2.21. The van der Waals surface area contributed by atoms with Gasteiger partial charge in [-0.15, -0.1) is 0 Å². The standard InChI is InChI=1S/C13H20NO3P/c1-4-16-18(15,17-5-2)10-13(14)12-8-6-11(3)7-9-12/h6-10H,4-5,14H2,1-3H3/b13-10+. The van der Waals surface area contributed by atoms with Crippen LogP contribution in [0, 0.1) is 6.92 Å². The molecule has 0 saturated carbocycles. The first-order chi connectivity index (χ1) is 8.50. The van der Waals surface area contributed by atoms with Gasteiger partial charge < -0.3 is 14.8 Å². The molecular weight excluding hydrogens is 249 g/mol. The van der Waals surface area contributed by atoms with Gasteiger partial charge in [-0.2, -0.15) is 0 Å². The average molecular weight is 269 g/mol. The minimum Gasteiger partial charge on any atom is -0.398 e. The van der Waals surface area contributed by atoms with E-state index in [1.165, 1.54) is 5.82 Å². The van der Waals surface area contributed by atoms with E-state index in [0.717, 1.165) is 11.1 Å². The molecule has 5 heteroatoms. The molecule has 2 N–H and O–H groups in total. The molecule has 1 aromatic carbocycles. The number of rotatable bonds is 6. The maximum Gasteiger partial charge on any atom is 0.356 e. The van der Waals surface area contributed by atoms with Crippen LogP contribution in [0.3, 0.4) is 0 Å². The minimum atomic E-state index is -3.24. The number of nitrogens with two attached hydrogens (primary N) is 1. The summed E-state index contributed by atoms with van der Waals surface area (Å²) in [6.45, 7) is 6.15. The van der Waals surface area contributed by atoms with Crippen molar-refractivity contribution in [3.63, 3.8) is 0 Å². The van der Waals surface area contributed by atoms with Gasteiger partial charge in [-0.1, -0.05) is 29.8 Å². The Morgan fingerprint density at radius 1 is 1.22 bits per heavy atom. The largest absolute Gasteiger partial charge is 0.398 e. The molecule has 1 rings (SSSR count). The molecule has 0 atom stereocenters. The van der Waals surface area contributed by atoms with E-state index < -0.39 is 7.60 Å². The van der Waals surface area contributed by atoms with E-state index in [0.29, 0.717) is 18.9 Å². The van der Waals surface area contributed by atoms with Crippen LogP contribution in [-0.4, -0.2) is 13.2 Å². The second kappa shape index (κ2) is 6.74. The van der Waals surface area contributed by atoms with Crippen LogP contribution in [0.25, 0.3) is 5.70 Å². The zero-order chi connectivity index (χ0) is 13.6. The lowest BCUT2D eigenvalue weighted by molar-refractivity contribution is 0.229. The van der Waals surface area contributed by atoms with Crippen molar-refractivity contribution >= 4 is 13.3 Å². The van der Waals surface area contributed by atoms with Crippen molar-refractivity contribution in [1.82, 2.24) is 0 Å². The Balaban J connectivity index is 2.98. The van der Waals surface area contributed by atoms with E-state index in [1.54, 1.807) is 13.8 Å². The molecule has 0 bridgehead atoms. The van der Waals surface area contributed by atoms with Crippen molar-refractivity contribution in [3.8, 4) is 0 Å². The summed E-state index contributed by atoms with van der Waals surface area (Å²) in [5.41, 5.74) is 8.27. The molecule has 18 heavy (non-hydrogen) atoms. The fourth-order valence-electron chi connectivity index (χ4n) is 1.46. The third-order valence-corrected chi connectivity index (χ3v) is 4.13. The molecule has 0 aliphatic heterocycles. The Hall–Kier alpha value is -1.09. The zero-order valence-corrected chi connectivity index (χ0v) is 11.9. The second-order valence-electron chi connectivity index (χ2n) is 3.83. The van der Waals surface area contributed by atoms with Crippen LogP contribution in [0.4, 0.5) is 0 Å². The van der Waals surface area contributed by atoms with E-state index in [9.17, 15) is 4.57 Å². The zero-order valence-electron chi connectivity index (χ0n) is 11.1. The SMILES string of the molecule is CCOP(=O)(/C=C(/N)c1ccc(C)cc1)OCC. The maximum atomic E-state index is 12.3. The molecule has 0 heterocycles. The molecule has 0 saturated heterocycles. The van der Waals surface area contributed by atoms with Crippen LogP contribution in [0.15, 0.2) is 30.1 Å². The Labute approximate surface area is 108 Å². The summed E-state index contributed by atoms with van der Waals surface area (Å²) in [5.74, 6) is 1.38. The first-order valence-electron chi connectivity index (χ1n) is 5.95. The van der Waals surface area contributed by atoms with E-state index in [-0.39, 0.29) is 0 Å². The molecule has 1 aromatic rings. The topological polar surface area (TPSA) is 61.5 Å². The van der Waals surface area contributed by atoms with E-state index >= 15 is 0 Å². The smallest absolute Gasteiger partial charge is 0.356 e. The molecule has 0 aliphatic carbocycles. The maximum absolute atomic E-state index is 12.3. The van der Waals surface area contributed by atoms with Gasteiger partial charge in [0.25, 0.3) is 0 Å². The lowest BCUT2D eigenvalue weighted by atomic mass is 10.1. The first-order valence-corrected chi connectivity index (χ1v) is 7.56. The predicted octanol–water partition coefficient (Wildman–Crippen LogP) is 3.52. The number of hydrogen-bond donors (Lipinski definition) is 1. The van der Waals surface area contributed by atoms with Crippen molar-refractivity contribution in [2.75, 3.05) is 13.2 Å². The van der Waals surface area contributed by atoms with E-state index in [1.807, 2.05) is 31.2 Å². The van der Waals surface area contributed by atoms with Crippen molar-refractivity contribution in [2.45, 2.75) is 20.8 Å². The van der Waals surface area contributed by atoms with Gasteiger partial charge in [0.2, 0.25) is 0 Å². The predicted molar refractivity (Wildman–Crippen MR) is 74.2 cm³/mol. The molecule has 100 valence electrons. The lowest BCUT2D eigenvalue weighted by Crippen LogP contribution is -2.00. The van der Waals surface area contributed by atoms with Crippen LogP contribution < -0.4 is 5.73 Å². The molecule has 0 fully saturated rings. The third kappa shape index (κ3) is 4.30. The van der Waals surface area contributed by atoms with E-state index in [4.69, 9.17) is 14.8 Å². The van der Waals surface area contributed by atoms with Crippen molar-refractivity contribution in [3.05, 3.63) is 41.2 Å². The van der Waals surface area contributed by atoms with Gasteiger partial charge in [-0.05, 0) is 26.3 Å². The third-order valence-electron chi connectivity index (χ3n) is 2.30. The summed E-state index contributed by atoms with van der Waals surface area (Å²) in [5, 5.41) is 0. The summed E-state index contributed by atoms with van der Waals surface area (Å²) in [4.78, 5) is 0. The molecule has 0 radical (unpaired) electrons. The lowest BCUT2D eigenvalue weighted by Gasteiger charge is -2.14. The normalized spacial score (nSPS) is 12.7. The number of benzene rings is 1. The van der Waals surface area contributed by atoms with Crippen molar-refractivity contribution in [1.29, 1.82) is 0 Å². The highest BCUT2D eigenvalue weighted by molar-refractivity contribution is 7.57. The molecule has 0 aromatic heterocycles. The van der Waals surface area contributed by atoms with Gasteiger partial charge in [0.05, 0.1) is 19.0 Å². The highest BCUT2D eigenvalue weighted by atomic mass is 31.2. The Kier molecular flexibility index (Phi) is 5.60.